The Balaban J connectivity index is 1.64. The summed E-state index contributed by atoms with van der Waals surface area (Å²) in [5, 5.41) is 4.84. The van der Waals surface area contributed by atoms with Crippen LogP contribution in [0.2, 0.25) is 0 Å². The highest BCUT2D eigenvalue weighted by atomic mass is 32.2. The van der Waals surface area contributed by atoms with E-state index in [1.54, 1.807) is 47.4 Å². The zero-order chi connectivity index (χ0) is 16.5. The summed E-state index contributed by atoms with van der Waals surface area (Å²) < 4.78 is 5.36. The van der Waals surface area contributed by atoms with Crippen LogP contribution >= 0.6 is 23.1 Å². The Labute approximate surface area is 143 Å². The fourth-order valence-corrected chi connectivity index (χ4v) is 3.52. The van der Waals surface area contributed by atoms with Gasteiger partial charge in [0, 0.05) is 22.9 Å². The molecule has 7 heteroatoms. The van der Waals surface area contributed by atoms with E-state index in [0.29, 0.717) is 12.3 Å². The van der Waals surface area contributed by atoms with Gasteiger partial charge in [0.05, 0.1) is 5.56 Å². The van der Waals surface area contributed by atoms with Crippen LogP contribution in [0.15, 0.2) is 41.8 Å². The maximum atomic E-state index is 11.7. The summed E-state index contributed by atoms with van der Waals surface area (Å²) >= 11 is 3.50. The fraction of sp³-hybridized carbons (Fsp3) is 0.250. The van der Waals surface area contributed by atoms with Crippen molar-refractivity contribution in [2.45, 2.75) is 5.75 Å². The van der Waals surface area contributed by atoms with E-state index in [1.165, 1.54) is 4.88 Å². The second-order valence-corrected chi connectivity index (χ2v) is 6.77. The Bertz CT molecular complexity index is 645. The maximum absolute atomic E-state index is 11.7. The second-order valence-electron chi connectivity index (χ2n) is 4.63. The molecule has 1 heterocycles. The Morgan fingerprint density at radius 1 is 1.22 bits per heavy atom. The average molecular weight is 350 g/mol. The number of benzene rings is 1. The molecule has 0 radical (unpaired) electrons. The molecule has 1 aromatic carbocycles. The molecule has 0 aliphatic rings. The molecule has 122 valence electrons. The Kier molecular flexibility index (Phi) is 6.96. The van der Waals surface area contributed by atoms with Crippen LogP contribution in [-0.2, 0) is 10.5 Å². The van der Waals surface area contributed by atoms with Gasteiger partial charge in [-0.3, -0.25) is 9.59 Å². The van der Waals surface area contributed by atoms with Gasteiger partial charge in [-0.25, -0.2) is 0 Å². The van der Waals surface area contributed by atoms with Crippen molar-refractivity contribution in [3.8, 4) is 5.75 Å². The van der Waals surface area contributed by atoms with Gasteiger partial charge in [0.2, 0.25) is 0 Å². The van der Waals surface area contributed by atoms with Gasteiger partial charge in [0.25, 0.3) is 11.8 Å². The molecule has 2 rings (SSSR count). The van der Waals surface area contributed by atoms with Crippen molar-refractivity contribution in [1.29, 1.82) is 0 Å². The van der Waals surface area contributed by atoms with E-state index in [4.69, 9.17) is 10.5 Å². The number of ether oxygens (including phenoxy) is 1. The van der Waals surface area contributed by atoms with E-state index < -0.39 is 5.91 Å². The molecule has 0 saturated heterocycles. The van der Waals surface area contributed by atoms with Crippen molar-refractivity contribution in [2.24, 2.45) is 5.73 Å². The summed E-state index contributed by atoms with van der Waals surface area (Å²) in [6.45, 7) is 0.440. The van der Waals surface area contributed by atoms with Crippen LogP contribution in [0, 0.1) is 0 Å². The molecule has 0 spiro atoms. The standard InChI is InChI=1S/C16H18N2O3S2/c17-16(20)13-5-1-2-6-14(13)21-10-15(19)18-7-9-22-11-12-4-3-8-23-12/h1-6,8H,7,9-11H2,(H2,17,20)(H,18,19). The number of rotatable bonds is 9. The number of primary amides is 1. The van der Waals surface area contributed by atoms with Gasteiger partial charge in [0.1, 0.15) is 5.75 Å². The van der Waals surface area contributed by atoms with Crippen LogP contribution in [-0.4, -0.2) is 30.7 Å². The van der Waals surface area contributed by atoms with Crippen molar-refractivity contribution in [1.82, 2.24) is 5.32 Å². The quantitative estimate of drug-likeness (QED) is 0.680. The number of nitrogens with two attached hydrogens (primary N) is 1. The molecule has 0 fully saturated rings. The van der Waals surface area contributed by atoms with Crippen LogP contribution in [0.3, 0.4) is 0 Å². The van der Waals surface area contributed by atoms with Crippen molar-refractivity contribution in [3.05, 3.63) is 52.2 Å². The number of carbonyl (C=O) groups is 2. The molecule has 1 aromatic heterocycles. The normalized spacial score (nSPS) is 10.3. The van der Waals surface area contributed by atoms with Gasteiger partial charge >= 0.3 is 0 Å². The van der Waals surface area contributed by atoms with E-state index in [9.17, 15) is 9.59 Å². The van der Waals surface area contributed by atoms with Gasteiger partial charge in [-0.1, -0.05) is 18.2 Å². The predicted molar refractivity (Wildman–Crippen MR) is 93.9 cm³/mol. The number of para-hydroxylation sites is 1. The summed E-state index contributed by atoms with van der Waals surface area (Å²) in [6.07, 6.45) is 0. The minimum absolute atomic E-state index is 0.139. The molecule has 0 saturated carbocycles. The predicted octanol–water partition coefficient (Wildman–Crippen LogP) is 2.28. The lowest BCUT2D eigenvalue weighted by molar-refractivity contribution is -0.122. The van der Waals surface area contributed by atoms with E-state index >= 15 is 0 Å². The van der Waals surface area contributed by atoms with Gasteiger partial charge < -0.3 is 15.8 Å². The first-order chi connectivity index (χ1) is 11.2. The number of thioether (sulfide) groups is 1. The summed E-state index contributed by atoms with van der Waals surface area (Å²) in [6, 6.07) is 10.7. The first-order valence-corrected chi connectivity index (χ1v) is 9.08. The maximum Gasteiger partial charge on any atom is 0.257 e. The molecule has 0 aliphatic carbocycles. The lowest BCUT2D eigenvalue weighted by Gasteiger charge is -2.09. The Hall–Kier alpha value is -1.99. The first-order valence-electron chi connectivity index (χ1n) is 7.05. The van der Waals surface area contributed by atoms with E-state index in [-0.39, 0.29) is 18.1 Å². The second kappa shape index (κ2) is 9.22. The van der Waals surface area contributed by atoms with Crippen molar-refractivity contribution >= 4 is 34.9 Å². The van der Waals surface area contributed by atoms with Crippen LogP contribution in [0.4, 0.5) is 0 Å². The average Bonchev–Trinajstić information content (AvgIpc) is 3.06. The molecular formula is C16H18N2O3S2. The highest BCUT2D eigenvalue weighted by molar-refractivity contribution is 7.98. The fourth-order valence-electron chi connectivity index (χ4n) is 1.82. The van der Waals surface area contributed by atoms with Crippen LogP contribution < -0.4 is 15.8 Å². The lowest BCUT2D eigenvalue weighted by Crippen LogP contribution is -2.31. The first kappa shape index (κ1) is 17.4. The molecule has 2 amide bonds. The molecule has 0 bridgehead atoms. The monoisotopic (exact) mass is 350 g/mol. The number of hydrogen-bond acceptors (Lipinski definition) is 5. The topological polar surface area (TPSA) is 81.4 Å². The Morgan fingerprint density at radius 2 is 2.04 bits per heavy atom. The molecular weight excluding hydrogens is 332 g/mol. The molecule has 5 nitrogen and oxygen atoms in total. The lowest BCUT2D eigenvalue weighted by atomic mass is 10.2. The van der Waals surface area contributed by atoms with Crippen molar-refractivity contribution in [2.75, 3.05) is 18.9 Å². The van der Waals surface area contributed by atoms with E-state index in [1.807, 2.05) is 6.07 Å². The molecule has 23 heavy (non-hydrogen) atoms. The van der Waals surface area contributed by atoms with Crippen LogP contribution in [0.1, 0.15) is 15.2 Å². The number of nitrogens with one attached hydrogen (secondary N) is 1. The SMILES string of the molecule is NC(=O)c1ccccc1OCC(=O)NCCSCc1cccs1. The van der Waals surface area contributed by atoms with Gasteiger partial charge in [-0.15, -0.1) is 11.3 Å². The highest BCUT2D eigenvalue weighted by Gasteiger charge is 2.10. The number of hydrogen-bond donors (Lipinski definition) is 2. The van der Waals surface area contributed by atoms with E-state index in [2.05, 4.69) is 16.8 Å². The highest BCUT2D eigenvalue weighted by Crippen LogP contribution is 2.17. The Morgan fingerprint density at radius 3 is 2.78 bits per heavy atom. The third-order valence-electron chi connectivity index (χ3n) is 2.90. The third kappa shape index (κ3) is 5.96. The summed E-state index contributed by atoms with van der Waals surface area (Å²) in [5.41, 5.74) is 5.52. The number of carbonyl (C=O) groups excluding carboxylic acids is 2. The third-order valence-corrected chi connectivity index (χ3v) is 4.97. The van der Waals surface area contributed by atoms with Crippen molar-refractivity contribution in [3.63, 3.8) is 0 Å². The molecule has 3 N–H and O–H groups in total. The van der Waals surface area contributed by atoms with Crippen LogP contribution in [0.5, 0.6) is 5.75 Å². The smallest absolute Gasteiger partial charge is 0.257 e. The van der Waals surface area contributed by atoms with Crippen molar-refractivity contribution < 1.29 is 14.3 Å². The largest absolute Gasteiger partial charge is 0.483 e. The molecule has 0 unspecified atom stereocenters. The van der Waals surface area contributed by atoms with E-state index in [0.717, 1.165) is 11.5 Å². The molecule has 0 atom stereocenters. The summed E-state index contributed by atoms with van der Waals surface area (Å²) in [4.78, 5) is 24.3. The minimum atomic E-state index is -0.578. The zero-order valence-corrected chi connectivity index (χ0v) is 14.1. The van der Waals surface area contributed by atoms with Gasteiger partial charge in [-0.2, -0.15) is 11.8 Å². The van der Waals surface area contributed by atoms with Gasteiger partial charge in [-0.05, 0) is 23.6 Å². The van der Waals surface area contributed by atoms with Gasteiger partial charge in [0.15, 0.2) is 6.61 Å². The molecule has 2 aromatic rings. The minimum Gasteiger partial charge on any atom is -0.483 e. The number of thiophene rings is 1. The summed E-state index contributed by atoms with van der Waals surface area (Å²) in [7, 11) is 0. The molecule has 0 aliphatic heterocycles. The number of amides is 2. The summed E-state index contributed by atoms with van der Waals surface area (Å²) in [5.74, 6) is 1.31. The zero-order valence-electron chi connectivity index (χ0n) is 12.5. The van der Waals surface area contributed by atoms with Crippen LogP contribution in [0.25, 0.3) is 0 Å².